The Kier molecular flexibility index (Phi) is 6.48. The number of ether oxygens (including phenoxy) is 1. The number of benzene rings is 1. The molecule has 0 heterocycles. The summed E-state index contributed by atoms with van der Waals surface area (Å²) in [7, 11) is 0. The largest absolute Gasteiger partial charge is 0.573 e. The highest BCUT2D eigenvalue weighted by atomic mass is 19.4. The third kappa shape index (κ3) is 6.99. The summed E-state index contributed by atoms with van der Waals surface area (Å²) in [5.74, 6) is -0.375. The minimum absolute atomic E-state index is 0.110. The highest BCUT2D eigenvalue weighted by Crippen LogP contribution is 2.24. The number of alkyl halides is 3. The second-order valence-electron chi connectivity index (χ2n) is 4.57. The highest BCUT2D eigenvalue weighted by molar-refractivity contribution is 5.77. The number of nitrogens with one attached hydrogen (secondary N) is 2. The van der Waals surface area contributed by atoms with Crippen molar-refractivity contribution >= 4 is 5.91 Å². The molecule has 1 amide bonds. The van der Waals surface area contributed by atoms with Crippen molar-refractivity contribution in [2.75, 3.05) is 13.1 Å². The van der Waals surface area contributed by atoms with E-state index in [4.69, 9.17) is 0 Å². The molecule has 1 atom stereocenters. The van der Waals surface area contributed by atoms with E-state index in [1.54, 1.807) is 0 Å². The molecule has 0 aliphatic heterocycles. The van der Waals surface area contributed by atoms with Gasteiger partial charge in [0.25, 0.3) is 0 Å². The van der Waals surface area contributed by atoms with Crippen LogP contribution >= 0.6 is 0 Å². The SMILES string of the molecule is CCCNC(=O)CNC(C)c1ccc(OC(F)(F)F)cc1. The lowest BCUT2D eigenvalue weighted by Gasteiger charge is -2.15. The topological polar surface area (TPSA) is 50.4 Å². The molecule has 0 aliphatic rings. The fraction of sp³-hybridized carbons (Fsp3) is 0.500. The van der Waals surface area contributed by atoms with Crippen LogP contribution in [0.2, 0.25) is 0 Å². The van der Waals surface area contributed by atoms with E-state index >= 15 is 0 Å². The van der Waals surface area contributed by atoms with Gasteiger partial charge in [0.1, 0.15) is 5.75 Å². The van der Waals surface area contributed by atoms with Gasteiger partial charge in [-0.1, -0.05) is 19.1 Å². The van der Waals surface area contributed by atoms with Crippen molar-refractivity contribution in [1.82, 2.24) is 10.6 Å². The summed E-state index contributed by atoms with van der Waals surface area (Å²) in [5.41, 5.74) is 0.771. The second kappa shape index (κ2) is 7.87. The van der Waals surface area contributed by atoms with Gasteiger partial charge in [-0.05, 0) is 31.0 Å². The van der Waals surface area contributed by atoms with Crippen molar-refractivity contribution in [3.05, 3.63) is 29.8 Å². The zero-order valence-corrected chi connectivity index (χ0v) is 12.0. The molecule has 0 spiro atoms. The monoisotopic (exact) mass is 304 g/mol. The van der Waals surface area contributed by atoms with Gasteiger partial charge >= 0.3 is 6.36 Å². The predicted octanol–water partition coefficient (Wildman–Crippen LogP) is 2.76. The molecule has 1 aromatic carbocycles. The van der Waals surface area contributed by atoms with Gasteiger partial charge in [-0.15, -0.1) is 13.2 Å². The first-order chi connectivity index (χ1) is 9.81. The number of halogens is 3. The van der Waals surface area contributed by atoms with Crippen LogP contribution in [-0.4, -0.2) is 25.4 Å². The number of rotatable bonds is 7. The van der Waals surface area contributed by atoms with Crippen LogP contribution < -0.4 is 15.4 Å². The first-order valence-electron chi connectivity index (χ1n) is 6.67. The molecule has 0 bridgehead atoms. The summed E-state index contributed by atoms with van der Waals surface area (Å²) < 4.78 is 39.9. The average molecular weight is 304 g/mol. The van der Waals surface area contributed by atoms with Crippen molar-refractivity contribution in [3.8, 4) is 5.75 Å². The Balaban J connectivity index is 2.47. The van der Waals surface area contributed by atoms with Crippen molar-refractivity contribution in [2.24, 2.45) is 0 Å². The fourth-order valence-electron chi connectivity index (χ4n) is 1.65. The summed E-state index contributed by atoms with van der Waals surface area (Å²) in [6.07, 6.45) is -3.83. The Hall–Kier alpha value is -1.76. The van der Waals surface area contributed by atoms with E-state index in [0.717, 1.165) is 12.0 Å². The van der Waals surface area contributed by atoms with Crippen molar-refractivity contribution in [3.63, 3.8) is 0 Å². The fourth-order valence-corrected chi connectivity index (χ4v) is 1.65. The molecule has 1 unspecified atom stereocenters. The van der Waals surface area contributed by atoms with E-state index in [0.29, 0.717) is 6.54 Å². The molecule has 0 saturated carbocycles. The first kappa shape index (κ1) is 17.3. The summed E-state index contributed by atoms with van der Waals surface area (Å²) in [4.78, 5) is 11.4. The third-order valence-electron chi connectivity index (χ3n) is 2.75. The molecular formula is C14H19F3N2O2. The van der Waals surface area contributed by atoms with Gasteiger partial charge in [0, 0.05) is 12.6 Å². The van der Waals surface area contributed by atoms with Crippen LogP contribution in [0.15, 0.2) is 24.3 Å². The number of amides is 1. The molecule has 4 nitrogen and oxygen atoms in total. The molecule has 1 rings (SSSR count). The molecule has 1 aromatic rings. The van der Waals surface area contributed by atoms with E-state index in [9.17, 15) is 18.0 Å². The summed E-state index contributed by atoms with van der Waals surface area (Å²) in [6, 6.07) is 5.40. The Morgan fingerprint density at radius 3 is 2.43 bits per heavy atom. The average Bonchev–Trinajstić information content (AvgIpc) is 2.41. The lowest BCUT2D eigenvalue weighted by Crippen LogP contribution is -2.35. The number of hydrogen-bond acceptors (Lipinski definition) is 3. The van der Waals surface area contributed by atoms with Gasteiger partial charge in [-0.25, -0.2) is 0 Å². The molecule has 0 radical (unpaired) electrons. The summed E-state index contributed by atoms with van der Waals surface area (Å²) in [6.45, 7) is 4.56. The lowest BCUT2D eigenvalue weighted by atomic mass is 10.1. The van der Waals surface area contributed by atoms with Crippen LogP contribution in [0.25, 0.3) is 0 Å². The van der Waals surface area contributed by atoms with Crippen LogP contribution in [0.5, 0.6) is 5.75 Å². The minimum Gasteiger partial charge on any atom is -0.406 e. The van der Waals surface area contributed by atoms with Crippen LogP contribution in [-0.2, 0) is 4.79 Å². The van der Waals surface area contributed by atoms with E-state index in [1.807, 2.05) is 13.8 Å². The zero-order chi connectivity index (χ0) is 15.9. The summed E-state index contributed by atoms with van der Waals surface area (Å²) >= 11 is 0. The molecule has 0 saturated heterocycles. The molecule has 7 heteroatoms. The van der Waals surface area contributed by atoms with Crippen molar-refractivity contribution < 1.29 is 22.7 Å². The van der Waals surface area contributed by atoms with Gasteiger partial charge in [0.15, 0.2) is 0 Å². The number of carbonyl (C=O) groups is 1. The highest BCUT2D eigenvalue weighted by Gasteiger charge is 2.30. The molecule has 0 fully saturated rings. The van der Waals surface area contributed by atoms with Gasteiger partial charge in [-0.3, -0.25) is 4.79 Å². The summed E-state index contributed by atoms with van der Waals surface area (Å²) in [5, 5.41) is 5.73. The van der Waals surface area contributed by atoms with Gasteiger partial charge < -0.3 is 15.4 Å². The quantitative estimate of drug-likeness (QED) is 0.814. The molecule has 0 aliphatic carbocycles. The van der Waals surface area contributed by atoms with Gasteiger partial charge in [0.2, 0.25) is 5.91 Å². The molecule has 0 aromatic heterocycles. The van der Waals surface area contributed by atoms with E-state index in [2.05, 4.69) is 15.4 Å². The van der Waals surface area contributed by atoms with E-state index in [1.165, 1.54) is 24.3 Å². The Labute approximate surface area is 121 Å². The van der Waals surface area contributed by atoms with Crippen molar-refractivity contribution in [1.29, 1.82) is 0 Å². The maximum Gasteiger partial charge on any atom is 0.573 e. The van der Waals surface area contributed by atoms with Gasteiger partial charge in [0.05, 0.1) is 6.54 Å². The lowest BCUT2D eigenvalue weighted by molar-refractivity contribution is -0.274. The van der Waals surface area contributed by atoms with Gasteiger partial charge in [-0.2, -0.15) is 0 Å². The normalized spacial score (nSPS) is 12.8. The zero-order valence-electron chi connectivity index (χ0n) is 12.0. The first-order valence-corrected chi connectivity index (χ1v) is 6.67. The minimum atomic E-state index is -4.69. The van der Waals surface area contributed by atoms with Crippen LogP contribution in [0.1, 0.15) is 31.9 Å². The van der Waals surface area contributed by atoms with Crippen LogP contribution in [0, 0.1) is 0 Å². The second-order valence-corrected chi connectivity index (χ2v) is 4.57. The number of hydrogen-bond donors (Lipinski definition) is 2. The van der Waals surface area contributed by atoms with Crippen molar-refractivity contribution in [2.45, 2.75) is 32.7 Å². The maximum atomic E-state index is 12.0. The van der Waals surface area contributed by atoms with E-state index in [-0.39, 0.29) is 24.2 Å². The smallest absolute Gasteiger partial charge is 0.406 e. The Bertz CT molecular complexity index is 447. The molecule has 118 valence electrons. The molecular weight excluding hydrogens is 285 g/mol. The third-order valence-corrected chi connectivity index (χ3v) is 2.75. The Morgan fingerprint density at radius 2 is 1.90 bits per heavy atom. The maximum absolute atomic E-state index is 12.0. The predicted molar refractivity (Wildman–Crippen MR) is 72.8 cm³/mol. The Morgan fingerprint density at radius 1 is 1.29 bits per heavy atom. The van der Waals surface area contributed by atoms with Crippen LogP contribution in [0.3, 0.4) is 0 Å². The molecule has 2 N–H and O–H groups in total. The standard InChI is InChI=1S/C14H19F3N2O2/c1-3-8-18-13(20)9-19-10(2)11-4-6-12(7-5-11)21-14(15,16)17/h4-7,10,19H,3,8-9H2,1-2H3,(H,18,20). The number of carbonyl (C=O) groups excluding carboxylic acids is 1. The van der Waals surface area contributed by atoms with Crippen LogP contribution in [0.4, 0.5) is 13.2 Å². The molecule has 21 heavy (non-hydrogen) atoms. The van der Waals surface area contributed by atoms with E-state index < -0.39 is 6.36 Å².